The van der Waals surface area contributed by atoms with E-state index in [1.807, 2.05) is 0 Å². The van der Waals surface area contributed by atoms with Crippen molar-refractivity contribution in [3.05, 3.63) is 11.6 Å². The van der Waals surface area contributed by atoms with E-state index in [0.717, 1.165) is 19.3 Å². The second-order valence-corrected chi connectivity index (χ2v) is 14.9. The molecule has 0 aromatic heterocycles. The van der Waals surface area contributed by atoms with Crippen LogP contribution in [0.3, 0.4) is 0 Å². The van der Waals surface area contributed by atoms with E-state index in [1.165, 1.54) is 38.4 Å². The third-order valence-electron chi connectivity index (χ3n) is 13.6. The van der Waals surface area contributed by atoms with Gasteiger partial charge in [-0.25, -0.2) is 0 Å². The van der Waals surface area contributed by atoms with Crippen molar-refractivity contribution in [2.75, 3.05) is 7.11 Å². The molecule has 1 heterocycles. The number of rotatable bonds is 1. The lowest BCUT2D eigenvalue weighted by atomic mass is 9.33. The number of esters is 1. The summed E-state index contributed by atoms with van der Waals surface area (Å²) in [6.45, 7) is 16.7. The summed E-state index contributed by atoms with van der Waals surface area (Å²) in [5.74, 6) is 2.01. The van der Waals surface area contributed by atoms with Gasteiger partial charge in [0.2, 0.25) is 0 Å². The molecule has 0 aromatic carbocycles. The van der Waals surface area contributed by atoms with Crippen molar-refractivity contribution in [1.29, 1.82) is 0 Å². The van der Waals surface area contributed by atoms with Crippen molar-refractivity contribution in [2.45, 2.75) is 106 Å². The van der Waals surface area contributed by atoms with Crippen molar-refractivity contribution >= 4 is 11.8 Å². The molecule has 5 aliphatic carbocycles. The van der Waals surface area contributed by atoms with Crippen molar-refractivity contribution in [3.63, 3.8) is 0 Å². The number of ether oxygens (including phenoxy) is 2. The van der Waals surface area contributed by atoms with Gasteiger partial charge in [-0.15, -0.1) is 0 Å². The molecule has 0 unspecified atom stereocenters. The maximum absolute atomic E-state index is 14.4. The van der Waals surface area contributed by atoms with Crippen LogP contribution in [0.4, 0.5) is 0 Å². The Morgan fingerprint density at radius 3 is 2.43 bits per heavy atom. The number of ketones is 1. The molecule has 1 aliphatic heterocycles. The molecule has 35 heavy (non-hydrogen) atoms. The van der Waals surface area contributed by atoms with Crippen LogP contribution in [0.25, 0.3) is 0 Å². The molecule has 6 aliphatic rings. The summed E-state index contributed by atoms with van der Waals surface area (Å²) in [5, 5.41) is 0. The molecule has 4 saturated carbocycles. The van der Waals surface area contributed by atoms with E-state index in [-0.39, 0.29) is 46.3 Å². The maximum atomic E-state index is 14.4. The zero-order chi connectivity index (χ0) is 25.3. The van der Waals surface area contributed by atoms with Crippen LogP contribution < -0.4 is 0 Å². The summed E-state index contributed by atoms with van der Waals surface area (Å²) in [5.41, 5.74) is 0.783. The molecule has 0 spiro atoms. The minimum absolute atomic E-state index is 0.0258. The van der Waals surface area contributed by atoms with Crippen molar-refractivity contribution in [1.82, 2.24) is 0 Å². The van der Waals surface area contributed by atoms with Gasteiger partial charge >= 0.3 is 5.97 Å². The highest BCUT2D eigenvalue weighted by molar-refractivity contribution is 5.96. The molecular formula is C31H46O4. The molecule has 0 amide bonds. The Kier molecular flexibility index (Phi) is 4.86. The number of hydrogen-bond donors (Lipinski definition) is 0. The first-order valence-electron chi connectivity index (χ1n) is 14.3. The van der Waals surface area contributed by atoms with Crippen LogP contribution in [0, 0.1) is 56.7 Å². The quantitative estimate of drug-likeness (QED) is 0.322. The van der Waals surface area contributed by atoms with Gasteiger partial charge in [-0.1, -0.05) is 47.1 Å². The fourth-order valence-electron chi connectivity index (χ4n) is 11.3. The number of epoxide rings is 1. The van der Waals surface area contributed by atoms with E-state index in [2.05, 4.69) is 54.5 Å². The van der Waals surface area contributed by atoms with Gasteiger partial charge in [0, 0.05) is 5.92 Å². The highest BCUT2D eigenvalue weighted by atomic mass is 16.6. The zero-order valence-electron chi connectivity index (χ0n) is 23.2. The average molecular weight is 483 g/mol. The lowest BCUT2D eigenvalue weighted by Crippen LogP contribution is -2.67. The summed E-state index contributed by atoms with van der Waals surface area (Å²) in [7, 11) is 1.50. The third-order valence-corrected chi connectivity index (χ3v) is 13.6. The van der Waals surface area contributed by atoms with Gasteiger partial charge in [0.25, 0.3) is 0 Å². The molecule has 4 nitrogen and oxygen atoms in total. The Hall–Kier alpha value is -1.16. The van der Waals surface area contributed by atoms with Crippen LogP contribution in [0.5, 0.6) is 0 Å². The second-order valence-electron chi connectivity index (χ2n) is 14.9. The van der Waals surface area contributed by atoms with Crippen molar-refractivity contribution in [3.8, 4) is 0 Å². The Bertz CT molecular complexity index is 1020. The molecule has 12 atom stereocenters. The van der Waals surface area contributed by atoms with Gasteiger partial charge in [0.15, 0.2) is 5.78 Å². The number of allylic oxidation sites excluding steroid dienone is 2. The van der Waals surface area contributed by atoms with Crippen molar-refractivity contribution in [2.24, 2.45) is 56.7 Å². The topological polar surface area (TPSA) is 55.9 Å². The molecule has 194 valence electrons. The molecule has 0 aromatic rings. The first kappa shape index (κ1) is 24.2. The van der Waals surface area contributed by atoms with E-state index in [1.54, 1.807) is 0 Å². The summed E-state index contributed by atoms with van der Waals surface area (Å²) < 4.78 is 11.5. The molecule has 0 N–H and O–H groups in total. The number of carbonyl (C=O) groups is 2. The van der Waals surface area contributed by atoms with E-state index in [0.29, 0.717) is 29.0 Å². The minimum Gasteiger partial charge on any atom is -0.469 e. The first-order valence-corrected chi connectivity index (χ1v) is 14.3. The van der Waals surface area contributed by atoms with Gasteiger partial charge in [-0.05, 0) is 103 Å². The number of carbonyl (C=O) groups excluding carboxylic acids is 2. The smallest absolute Gasteiger partial charge is 0.314 e. The second kappa shape index (κ2) is 7.03. The fraction of sp³-hybridized carbons (Fsp3) is 0.871. The molecular weight excluding hydrogens is 436 g/mol. The highest BCUT2D eigenvalue weighted by Gasteiger charge is 2.76. The molecule has 1 saturated heterocycles. The van der Waals surface area contributed by atoms with Crippen molar-refractivity contribution < 1.29 is 19.1 Å². The summed E-state index contributed by atoms with van der Waals surface area (Å²) in [6, 6.07) is 0. The number of methoxy groups -OCH3 is 1. The Morgan fingerprint density at radius 1 is 1.03 bits per heavy atom. The fourth-order valence-corrected chi connectivity index (χ4v) is 11.3. The highest BCUT2D eigenvalue weighted by Crippen LogP contribution is 2.76. The van der Waals surface area contributed by atoms with E-state index in [9.17, 15) is 9.59 Å². The number of hydrogen-bond acceptors (Lipinski definition) is 4. The van der Waals surface area contributed by atoms with Gasteiger partial charge in [-0.3, -0.25) is 9.59 Å². The molecule has 5 fully saturated rings. The van der Waals surface area contributed by atoms with Crippen LogP contribution >= 0.6 is 0 Å². The van der Waals surface area contributed by atoms with Crippen LogP contribution in [0.1, 0.15) is 93.4 Å². The van der Waals surface area contributed by atoms with E-state index in [4.69, 9.17) is 9.47 Å². The SMILES string of the molecule is COC(=O)[C@@]1(C)[C@@H]2O[C@@H]2C[C@@]2(C)[C@H]1CC[C@]1(C)[C@@H]2C(=O)C=C2[C@@H]3[C@@H](C)[C@H](C)CC[C@]3(C)CC[C@]21C. The first-order chi connectivity index (χ1) is 16.3. The molecule has 0 radical (unpaired) electrons. The normalized spacial score (nSPS) is 58.6. The Balaban J connectivity index is 1.48. The standard InChI is InChI=1S/C31H46O4/c1-17-9-11-27(3)13-14-29(5)19(23(27)18(17)2)15-20(32)24-28(4)16-21-25(35-21)31(7,26(33)34-8)22(28)10-12-30(24,29)6/h15,17-18,21-25H,9-14,16H2,1-8H3/t17-,18+,21-,22-,23+,24-,25-,27-,28+,29-,30-,31-/m1/s1. The molecule has 0 bridgehead atoms. The Morgan fingerprint density at radius 2 is 1.74 bits per heavy atom. The van der Waals surface area contributed by atoms with Gasteiger partial charge in [0.05, 0.1) is 18.6 Å². The monoisotopic (exact) mass is 482 g/mol. The lowest BCUT2D eigenvalue weighted by Gasteiger charge is -2.69. The predicted molar refractivity (Wildman–Crippen MR) is 135 cm³/mol. The van der Waals surface area contributed by atoms with E-state index < -0.39 is 5.41 Å². The lowest BCUT2D eigenvalue weighted by molar-refractivity contribution is -0.194. The third kappa shape index (κ3) is 2.69. The van der Waals surface area contributed by atoms with Crippen LogP contribution in [0.15, 0.2) is 11.6 Å². The van der Waals surface area contributed by atoms with Gasteiger partial charge in [-0.2, -0.15) is 0 Å². The van der Waals surface area contributed by atoms with Gasteiger partial charge < -0.3 is 9.47 Å². The molecule has 6 rings (SSSR count). The zero-order valence-corrected chi connectivity index (χ0v) is 23.2. The summed E-state index contributed by atoms with van der Waals surface area (Å²) in [4.78, 5) is 27.6. The van der Waals surface area contributed by atoms with Crippen LogP contribution in [-0.4, -0.2) is 31.1 Å². The van der Waals surface area contributed by atoms with Crippen LogP contribution in [0.2, 0.25) is 0 Å². The van der Waals surface area contributed by atoms with Crippen LogP contribution in [-0.2, 0) is 19.1 Å². The largest absolute Gasteiger partial charge is 0.469 e. The van der Waals surface area contributed by atoms with E-state index >= 15 is 0 Å². The summed E-state index contributed by atoms with van der Waals surface area (Å²) in [6.07, 6.45) is 10.0. The summed E-state index contributed by atoms with van der Waals surface area (Å²) >= 11 is 0. The van der Waals surface area contributed by atoms with Gasteiger partial charge in [0.1, 0.15) is 6.10 Å². The maximum Gasteiger partial charge on any atom is 0.314 e. The minimum atomic E-state index is -0.669. The average Bonchev–Trinajstić information content (AvgIpc) is 3.57. The molecule has 4 heteroatoms. The predicted octanol–water partition coefficient (Wildman–Crippen LogP) is 6.37. The Labute approximate surface area is 212 Å². The number of fused-ring (bicyclic) bond motifs is 8.